The predicted molar refractivity (Wildman–Crippen MR) is 139 cm³/mol. The molecule has 8 heteroatoms. The Hall–Kier alpha value is -2.87. The second-order valence-electron chi connectivity index (χ2n) is 10.1. The van der Waals surface area contributed by atoms with E-state index in [2.05, 4.69) is 5.32 Å². The highest BCUT2D eigenvalue weighted by Gasteiger charge is 2.48. The van der Waals surface area contributed by atoms with Gasteiger partial charge in [-0.3, -0.25) is 14.3 Å². The molecular weight excluding hydrogens is 456 g/mol. The Morgan fingerprint density at radius 3 is 2.50 bits per heavy atom. The summed E-state index contributed by atoms with van der Waals surface area (Å²) in [7, 11) is 1.63. The van der Waals surface area contributed by atoms with E-state index >= 15 is 0 Å². The number of amides is 2. The average Bonchev–Trinajstić information content (AvgIpc) is 3.29. The highest BCUT2D eigenvalue weighted by Crippen LogP contribution is 2.31. The van der Waals surface area contributed by atoms with Crippen molar-refractivity contribution in [2.75, 3.05) is 26.9 Å². The standard InChI is InChI=1S/C28H40N4O4/c1-4-36-18-10-17-31-26(33)25-19-24(21-13-15-23(35-3)16-14-21)30-32(25)20-28(31,2)27(34)29-22-11-8-6-5-7-9-12-22/h13-16,19,22H,4-12,17-18,20H2,1-3H3,(H,29,34)/t28-/m1/s1. The van der Waals surface area contributed by atoms with Gasteiger partial charge in [0.05, 0.1) is 19.3 Å². The van der Waals surface area contributed by atoms with Crippen LogP contribution in [0.1, 0.15) is 75.7 Å². The number of nitrogens with one attached hydrogen (secondary N) is 1. The molecular formula is C28H40N4O4. The monoisotopic (exact) mass is 496 g/mol. The molecule has 1 aliphatic carbocycles. The van der Waals surface area contributed by atoms with Gasteiger partial charge in [0.2, 0.25) is 5.91 Å². The summed E-state index contributed by atoms with van der Waals surface area (Å²) in [6, 6.07) is 9.59. The van der Waals surface area contributed by atoms with Crippen molar-refractivity contribution in [3.8, 4) is 17.0 Å². The van der Waals surface area contributed by atoms with Crippen molar-refractivity contribution in [1.82, 2.24) is 20.0 Å². The van der Waals surface area contributed by atoms with Crippen molar-refractivity contribution < 1.29 is 19.1 Å². The molecule has 2 amide bonds. The van der Waals surface area contributed by atoms with Gasteiger partial charge in [0.1, 0.15) is 17.0 Å². The summed E-state index contributed by atoms with van der Waals surface area (Å²) in [6.07, 6.45) is 8.64. The number of hydrogen-bond acceptors (Lipinski definition) is 5. The molecule has 36 heavy (non-hydrogen) atoms. The Morgan fingerprint density at radius 1 is 1.14 bits per heavy atom. The summed E-state index contributed by atoms with van der Waals surface area (Å²) < 4.78 is 12.5. The molecule has 0 spiro atoms. The minimum atomic E-state index is -1.03. The lowest BCUT2D eigenvalue weighted by Crippen LogP contribution is -2.65. The topological polar surface area (TPSA) is 85.7 Å². The Balaban J connectivity index is 1.60. The van der Waals surface area contributed by atoms with E-state index in [4.69, 9.17) is 14.6 Å². The zero-order valence-electron chi connectivity index (χ0n) is 21.9. The molecule has 1 fully saturated rings. The number of carbonyl (C=O) groups excluding carboxylic acids is 2. The van der Waals surface area contributed by atoms with Gasteiger partial charge in [0.15, 0.2) is 0 Å². The molecule has 8 nitrogen and oxygen atoms in total. The normalized spacial score (nSPS) is 21.0. The first kappa shape index (κ1) is 26.2. The van der Waals surface area contributed by atoms with E-state index in [-0.39, 0.29) is 17.9 Å². The van der Waals surface area contributed by atoms with Gasteiger partial charge in [-0.05, 0) is 63.4 Å². The van der Waals surface area contributed by atoms with Gasteiger partial charge >= 0.3 is 0 Å². The third-order valence-corrected chi connectivity index (χ3v) is 7.49. The molecule has 0 bridgehead atoms. The van der Waals surface area contributed by atoms with Crippen LogP contribution in [0.2, 0.25) is 0 Å². The summed E-state index contributed by atoms with van der Waals surface area (Å²) in [4.78, 5) is 29.3. The van der Waals surface area contributed by atoms with Gasteiger partial charge in [-0.2, -0.15) is 5.10 Å². The van der Waals surface area contributed by atoms with Gasteiger partial charge < -0.3 is 19.7 Å². The van der Waals surface area contributed by atoms with Crippen LogP contribution in [0.15, 0.2) is 30.3 Å². The van der Waals surface area contributed by atoms with Crippen molar-refractivity contribution in [3.05, 3.63) is 36.0 Å². The largest absolute Gasteiger partial charge is 0.497 e. The first-order chi connectivity index (χ1) is 17.5. The molecule has 0 radical (unpaired) electrons. The lowest BCUT2D eigenvalue weighted by atomic mass is 9.92. The van der Waals surface area contributed by atoms with Gasteiger partial charge in [-0.1, -0.05) is 32.1 Å². The van der Waals surface area contributed by atoms with Gasteiger partial charge in [0, 0.05) is 31.4 Å². The summed E-state index contributed by atoms with van der Waals surface area (Å²) in [5.41, 5.74) is 1.09. The first-order valence-corrected chi connectivity index (χ1v) is 13.4. The number of nitrogens with zero attached hydrogens (tertiary/aromatic N) is 3. The van der Waals surface area contributed by atoms with Crippen molar-refractivity contribution >= 4 is 11.8 Å². The van der Waals surface area contributed by atoms with Crippen molar-refractivity contribution in [2.45, 2.75) is 83.3 Å². The number of ether oxygens (including phenoxy) is 2. The van der Waals surface area contributed by atoms with E-state index in [0.717, 1.165) is 37.0 Å². The second kappa shape index (κ2) is 11.9. The van der Waals surface area contributed by atoms with E-state index in [1.165, 1.54) is 19.3 Å². The first-order valence-electron chi connectivity index (χ1n) is 13.4. The molecule has 2 heterocycles. The highest BCUT2D eigenvalue weighted by atomic mass is 16.5. The Labute approximate surface area is 214 Å². The van der Waals surface area contributed by atoms with E-state index < -0.39 is 5.54 Å². The number of methoxy groups -OCH3 is 1. The summed E-state index contributed by atoms with van der Waals surface area (Å²) in [6.45, 7) is 5.79. The molecule has 0 unspecified atom stereocenters. The van der Waals surface area contributed by atoms with Crippen LogP contribution < -0.4 is 10.1 Å². The van der Waals surface area contributed by atoms with E-state index in [0.29, 0.717) is 44.1 Å². The Kier molecular flexibility index (Phi) is 8.67. The van der Waals surface area contributed by atoms with Crippen LogP contribution in [0.5, 0.6) is 5.75 Å². The molecule has 1 N–H and O–H groups in total. The molecule has 4 rings (SSSR count). The molecule has 1 aromatic heterocycles. The van der Waals surface area contributed by atoms with Crippen LogP contribution in [0.25, 0.3) is 11.3 Å². The zero-order chi connectivity index (χ0) is 25.5. The fraction of sp³-hybridized carbons (Fsp3) is 0.607. The maximum absolute atomic E-state index is 13.8. The number of aromatic nitrogens is 2. The van der Waals surface area contributed by atoms with Crippen LogP contribution in [0.3, 0.4) is 0 Å². The summed E-state index contributed by atoms with van der Waals surface area (Å²) >= 11 is 0. The maximum atomic E-state index is 13.8. The Bertz CT molecular complexity index is 1030. The molecule has 0 saturated heterocycles. The highest BCUT2D eigenvalue weighted by molar-refractivity contribution is 6.00. The molecule has 196 valence electrons. The minimum absolute atomic E-state index is 0.0926. The summed E-state index contributed by atoms with van der Waals surface area (Å²) in [5, 5.41) is 8.06. The number of benzene rings is 1. The smallest absolute Gasteiger partial charge is 0.273 e. The average molecular weight is 497 g/mol. The quantitative estimate of drug-likeness (QED) is 0.519. The SMILES string of the molecule is CCOCCCN1C(=O)c2cc(-c3ccc(OC)cc3)nn2C[C@]1(C)C(=O)NC1CCCCCCC1. The lowest BCUT2D eigenvalue weighted by molar-refractivity contribution is -0.134. The van der Waals surface area contributed by atoms with E-state index in [1.807, 2.05) is 44.2 Å². The fourth-order valence-electron chi connectivity index (χ4n) is 5.30. The summed E-state index contributed by atoms with van der Waals surface area (Å²) in [5.74, 6) is 0.503. The van der Waals surface area contributed by atoms with Crippen LogP contribution in [0.4, 0.5) is 0 Å². The molecule has 1 aliphatic heterocycles. The van der Waals surface area contributed by atoms with Crippen molar-refractivity contribution in [3.63, 3.8) is 0 Å². The minimum Gasteiger partial charge on any atom is -0.497 e. The fourth-order valence-corrected chi connectivity index (χ4v) is 5.30. The third kappa shape index (κ3) is 5.75. The number of hydrogen-bond donors (Lipinski definition) is 1. The lowest BCUT2D eigenvalue weighted by Gasteiger charge is -2.44. The molecule has 1 atom stereocenters. The zero-order valence-corrected chi connectivity index (χ0v) is 21.9. The number of rotatable bonds is 9. The van der Waals surface area contributed by atoms with Crippen LogP contribution in [-0.2, 0) is 16.1 Å². The third-order valence-electron chi connectivity index (χ3n) is 7.49. The maximum Gasteiger partial charge on any atom is 0.273 e. The molecule has 2 aromatic rings. The molecule has 1 saturated carbocycles. The molecule has 2 aliphatic rings. The van der Waals surface area contributed by atoms with Gasteiger partial charge in [0.25, 0.3) is 5.91 Å². The van der Waals surface area contributed by atoms with E-state index in [9.17, 15) is 9.59 Å². The predicted octanol–water partition coefficient (Wildman–Crippen LogP) is 4.43. The van der Waals surface area contributed by atoms with Crippen LogP contribution in [-0.4, -0.2) is 64.9 Å². The number of carbonyl (C=O) groups is 2. The second-order valence-corrected chi connectivity index (χ2v) is 10.1. The van der Waals surface area contributed by atoms with E-state index in [1.54, 1.807) is 16.7 Å². The van der Waals surface area contributed by atoms with Gasteiger partial charge in [-0.25, -0.2) is 0 Å². The number of fused-ring (bicyclic) bond motifs is 1. The van der Waals surface area contributed by atoms with Crippen molar-refractivity contribution in [2.24, 2.45) is 0 Å². The van der Waals surface area contributed by atoms with Crippen molar-refractivity contribution in [1.29, 1.82) is 0 Å². The van der Waals surface area contributed by atoms with Gasteiger partial charge in [-0.15, -0.1) is 0 Å². The molecule has 1 aromatic carbocycles. The van der Waals surface area contributed by atoms with Crippen LogP contribution in [0, 0.1) is 0 Å². The van der Waals surface area contributed by atoms with Crippen LogP contribution >= 0.6 is 0 Å². The Morgan fingerprint density at radius 2 is 1.83 bits per heavy atom.